The lowest BCUT2D eigenvalue weighted by Crippen LogP contribution is -2.37. The molecule has 2 N–H and O–H groups in total. The van der Waals surface area contributed by atoms with E-state index in [4.69, 9.17) is 14.3 Å². The standard InChI is InChI=1S/C17H21NO5/c1-10-11(2)17(21)23-15-9-13(5-6-14(10)15)22-12(3)16(20)18-7-4-8-19/h5-6,9,12,19H,4,7-8H2,1-3H3,(H,18,20). The Bertz CT molecular complexity index is 765. The molecule has 2 aromatic rings. The van der Waals surface area contributed by atoms with Crippen molar-refractivity contribution in [2.75, 3.05) is 13.2 Å². The van der Waals surface area contributed by atoms with Crippen LogP contribution in [0.4, 0.5) is 0 Å². The maximum Gasteiger partial charge on any atom is 0.339 e. The predicted octanol–water partition coefficient (Wildman–Crippen LogP) is 1.68. The first-order valence-electron chi connectivity index (χ1n) is 7.53. The van der Waals surface area contributed by atoms with Crippen LogP contribution in [-0.4, -0.2) is 30.3 Å². The Hall–Kier alpha value is -2.34. The van der Waals surface area contributed by atoms with Gasteiger partial charge in [-0.25, -0.2) is 4.79 Å². The summed E-state index contributed by atoms with van der Waals surface area (Å²) in [6, 6.07) is 5.17. The maximum atomic E-state index is 11.8. The summed E-state index contributed by atoms with van der Waals surface area (Å²) in [6.07, 6.45) is -0.192. The molecule has 23 heavy (non-hydrogen) atoms. The van der Waals surface area contributed by atoms with Crippen LogP contribution in [0.2, 0.25) is 0 Å². The molecule has 1 aromatic heterocycles. The van der Waals surface area contributed by atoms with Crippen LogP contribution in [0.5, 0.6) is 5.75 Å². The number of amides is 1. The van der Waals surface area contributed by atoms with Crippen molar-refractivity contribution in [2.45, 2.75) is 33.3 Å². The normalized spacial score (nSPS) is 12.2. The number of aliphatic hydroxyl groups is 1. The Morgan fingerprint density at radius 2 is 2.09 bits per heavy atom. The number of hydrogen-bond acceptors (Lipinski definition) is 5. The van der Waals surface area contributed by atoms with Crippen LogP contribution in [0.1, 0.15) is 24.5 Å². The number of fused-ring (bicyclic) bond motifs is 1. The van der Waals surface area contributed by atoms with Crippen molar-refractivity contribution in [1.82, 2.24) is 5.32 Å². The highest BCUT2D eigenvalue weighted by atomic mass is 16.5. The summed E-state index contributed by atoms with van der Waals surface area (Å²) in [7, 11) is 0. The van der Waals surface area contributed by atoms with E-state index in [1.807, 2.05) is 13.0 Å². The molecule has 6 heteroatoms. The fourth-order valence-corrected chi connectivity index (χ4v) is 2.19. The molecule has 0 aliphatic carbocycles. The molecule has 1 atom stereocenters. The fraction of sp³-hybridized carbons (Fsp3) is 0.412. The van der Waals surface area contributed by atoms with Crippen LogP contribution in [0.15, 0.2) is 27.4 Å². The average molecular weight is 319 g/mol. The molecule has 0 saturated heterocycles. The minimum Gasteiger partial charge on any atom is -0.481 e. The number of aryl methyl sites for hydroxylation is 1. The van der Waals surface area contributed by atoms with Gasteiger partial charge in [-0.2, -0.15) is 0 Å². The van der Waals surface area contributed by atoms with E-state index in [9.17, 15) is 9.59 Å². The van der Waals surface area contributed by atoms with Gasteiger partial charge in [0.2, 0.25) is 0 Å². The van der Waals surface area contributed by atoms with E-state index >= 15 is 0 Å². The zero-order valence-electron chi connectivity index (χ0n) is 13.5. The van der Waals surface area contributed by atoms with E-state index in [1.165, 1.54) is 0 Å². The van der Waals surface area contributed by atoms with Gasteiger partial charge in [0.15, 0.2) is 6.10 Å². The van der Waals surface area contributed by atoms with Gasteiger partial charge < -0.3 is 19.6 Å². The van der Waals surface area contributed by atoms with Gasteiger partial charge in [-0.05, 0) is 44.9 Å². The van der Waals surface area contributed by atoms with Crippen LogP contribution >= 0.6 is 0 Å². The highest BCUT2D eigenvalue weighted by molar-refractivity contribution is 5.83. The molecule has 0 radical (unpaired) electrons. The number of hydrogen-bond donors (Lipinski definition) is 2. The average Bonchev–Trinajstić information content (AvgIpc) is 2.52. The summed E-state index contributed by atoms with van der Waals surface area (Å²) >= 11 is 0. The number of nitrogens with one attached hydrogen (secondary N) is 1. The molecule has 1 unspecified atom stereocenters. The Kier molecular flexibility index (Phi) is 5.39. The first kappa shape index (κ1) is 17.0. The number of aliphatic hydroxyl groups excluding tert-OH is 1. The second-order valence-electron chi connectivity index (χ2n) is 5.43. The summed E-state index contributed by atoms with van der Waals surface area (Å²) in [5.74, 6) is 0.189. The van der Waals surface area contributed by atoms with E-state index < -0.39 is 6.10 Å². The highest BCUT2D eigenvalue weighted by Crippen LogP contribution is 2.24. The summed E-state index contributed by atoms with van der Waals surface area (Å²) in [6.45, 7) is 5.65. The summed E-state index contributed by atoms with van der Waals surface area (Å²) in [5, 5.41) is 12.2. The third kappa shape index (κ3) is 3.90. The zero-order chi connectivity index (χ0) is 17.0. The third-order valence-corrected chi connectivity index (χ3v) is 3.74. The molecule has 124 valence electrons. The monoisotopic (exact) mass is 319 g/mol. The lowest BCUT2D eigenvalue weighted by atomic mass is 10.1. The number of carbonyl (C=O) groups excluding carboxylic acids is 1. The van der Waals surface area contributed by atoms with Gasteiger partial charge >= 0.3 is 5.63 Å². The minimum absolute atomic E-state index is 0.0258. The molecule has 0 spiro atoms. The van der Waals surface area contributed by atoms with Gasteiger partial charge in [0, 0.05) is 30.2 Å². The van der Waals surface area contributed by atoms with Crippen molar-refractivity contribution in [2.24, 2.45) is 0 Å². The smallest absolute Gasteiger partial charge is 0.339 e. The molecule has 1 heterocycles. The molecule has 6 nitrogen and oxygen atoms in total. The van der Waals surface area contributed by atoms with Crippen molar-refractivity contribution in [3.05, 3.63) is 39.7 Å². The Morgan fingerprint density at radius 3 is 2.78 bits per heavy atom. The van der Waals surface area contributed by atoms with E-state index in [-0.39, 0.29) is 18.1 Å². The van der Waals surface area contributed by atoms with Gasteiger partial charge in [-0.15, -0.1) is 0 Å². The molecule has 0 bridgehead atoms. The molecule has 1 amide bonds. The van der Waals surface area contributed by atoms with Gasteiger partial charge in [0.05, 0.1) is 0 Å². The molecule has 0 saturated carbocycles. The summed E-state index contributed by atoms with van der Waals surface area (Å²) < 4.78 is 10.9. The number of carbonyl (C=O) groups is 1. The quantitative estimate of drug-likeness (QED) is 0.624. The molecular weight excluding hydrogens is 298 g/mol. The van der Waals surface area contributed by atoms with E-state index in [2.05, 4.69) is 5.32 Å². The topological polar surface area (TPSA) is 88.8 Å². The van der Waals surface area contributed by atoms with Gasteiger partial charge in [0.1, 0.15) is 11.3 Å². The van der Waals surface area contributed by atoms with Crippen LogP contribution in [0, 0.1) is 13.8 Å². The number of rotatable bonds is 6. The number of benzene rings is 1. The minimum atomic E-state index is -0.690. The van der Waals surface area contributed by atoms with E-state index in [0.29, 0.717) is 29.9 Å². The lowest BCUT2D eigenvalue weighted by molar-refractivity contribution is -0.127. The molecule has 2 rings (SSSR count). The molecule has 0 aliphatic rings. The van der Waals surface area contributed by atoms with Crippen molar-refractivity contribution < 1.29 is 19.1 Å². The van der Waals surface area contributed by atoms with E-state index in [1.54, 1.807) is 26.0 Å². The third-order valence-electron chi connectivity index (χ3n) is 3.74. The largest absolute Gasteiger partial charge is 0.481 e. The summed E-state index contributed by atoms with van der Waals surface area (Å²) in [5.41, 5.74) is 1.52. The number of ether oxygens (including phenoxy) is 1. The van der Waals surface area contributed by atoms with Gasteiger partial charge in [-0.3, -0.25) is 4.79 Å². The van der Waals surface area contributed by atoms with Crippen LogP contribution in [0.25, 0.3) is 11.0 Å². The lowest BCUT2D eigenvalue weighted by Gasteiger charge is -2.15. The Balaban J connectivity index is 2.16. The van der Waals surface area contributed by atoms with Crippen molar-refractivity contribution >= 4 is 16.9 Å². The summed E-state index contributed by atoms with van der Waals surface area (Å²) in [4.78, 5) is 23.6. The first-order valence-corrected chi connectivity index (χ1v) is 7.53. The van der Waals surface area contributed by atoms with Crippen LogP contribution < -0.4 is 15.7 Å². The van der Waals surface area contributed by atoms with Crippen molar-refractivity contribution in [3.63, 3.8) is 0 Å². The fourth-order valence-electron chi connectivity index (χ4n) is 2.19. The van der Waals surface area contributed by atoms with Crippen LogP contribution in [0.3, 0.4) is 0 Å². The first-order chi connectivity index (χ1) is 10.9. The molecule has 0 fully saturated rings. The zero-order valence-corrected chi connectivity index (χ0v) is 13.5. The Labute approximate surface area is 134 Å². The maximum absolute atomic E-state index is 11.8. The predicted molar refractivity (Wildman–Crippen MR) is 86.8 cm³/mol. The van der Waals surface area contributed by atoms with Gasteiger partial charge in [0.25, 0.3) is 5.91 Å². The Morgan fingerprint density at radius 1 is 1.35 bits per heavy atom. The second kappa shape index (κ2) is 7.28. The molecule has 1 aromatic carbocycles. The van der Waals surface area contributed by atoms with Gasteiger partial charge in [-0.1, -0.05) is 0 Å². The molecular formula is C17H21NO5. The van der Waals surface area contributed by atoms with Crippen molar-refractivity contribution in [1.29, 1.82) is 0 Å². The van der Waals surface area contributed by atoms with Crippen molar-refractivity contribution in [3.8, 4) is 5.75 Å². The highest BCUT2D eigenvalue weighted by Gasteiger charge is 2.15. The van der Waals surface area contributed by atoms with Crippen LogP contribution in [-0.2, 0) is 4.79 Å². The second-order valence-corrected chi connectivity index (χ2v) is 5.43. The SMILES string of the molecule is Cc1c(C)c2ccc(OC(C)C(=O)NCCCO)cc2oc1=O. The molecule has 0 aliphatic heterocycles. The van der Waals surface area contributed by atoms with E-state index in [0.717, 1.165) is 10.9 Å².